The number of hydrogen-bond acceptors (Lipinski definition) is 2. The molecule has 0 radical (unpaired) electrons. The molecule has 0 aliphatic carbocycles. The lowest BCUT2D eigenvalue weighted by Gasteiger charge is -2.07. The zero-order valence-electron chi connectivity index (χ0n) is 9.14. The van der Waals surface area contributed by atoms with Gasteiger partial charge in [0.15, 0.2) is 0 Å². The molecule has 0 saturated carbocycles. The summed E-state index contributed by atoms with van der Waals surface area (Å²) in [4.78, 5) is 21.2. The van der Waals surface area contributed by atoms with Gasteiger partial charge in [-0.15, -0.1) is 0 Å². The predicted molar refractivity (Wildman–Crippen MR) is 57.6 cm³/mol. The normalized spacial score (nSPS) is 10.3. The molecule has 16 heavy (non-hydrogen) atoms. The summed E-state index contributed by atoms with van der Waals surface area (Å²) in [6.45, 7) is 2.43. The fraction of sp³-hybridized carbons (Fsp3) is 0.455. The van der Waals surface area contributed by atoms with Crippen molar-refractivity contribution >= 4 is 11.9 Å². The third kappa shape index (κ3) is 2.85. The highest BCUT2D eigenvalue weighted by molar-refractivity contribution is 5.89. The molecule has 5 heteroatoms. The van der Waals surface area contributed by atoms with E-state index in [1.165, 1.54) is 0 Å². The Labute approximate surface area is 93.3 Å². The Hall–Kier alpha value is -1.78. The first-order chi connectivity index (χ1) is 7.56. The Morgan fingerprint density at radius 2 is 2.06 bits per heavy atom. The molecule has 1 heterocycles. The molecule has 0 aromatic carbocycles. The first-order valence-corrected chi connectivity index (χ1v) is 5.19. The monoisotopic (exact) mass is 225 g/mol. The molecule has 0 spiro atoms. The lowest BCUT2D eigenvalue weighted by Crippen LogP contribution is -2.07. The molecular formula is C11H15NO4. The first kappa shape index (κ1) is 12.3. The number of aliphatic carboxylic acids is 1. The number of carbonyl (C=O) groups is 2. The van der Waals surface area contributed by atoms with Crippen molar-refractivity contribution in [3.8, 4) is 0 Å². The highest BCUT2D eigenvalue weighted by Crippen LogP contribution is 2.13. The molecule has 0 fully saturated rings. The van der Waals surface area contributed by atoms with Gasteiger partial charge in [0.1, 0.15) is 0 Å². The molecule has 0 bridgehead atoms. The Morgan fingerprint density at radius 1 is 1.38 bits per heavy atom. The average Bonchev–Trinajstić information content (AvgIpc) is 2.60. The minimum atomic E-state index is -0.936. The van der Waals surface area contributed by atoms with Crippen molar-refractivity contribution in [2.24, 2.45) is 0 Å². The summed E-state index contributed by atoms with van der Waals surface area (Å²) in [5.41, 5.74) is 1.05. The quantitative estimate of drug-likeness (QED) is 0.770. The Morgan fingerprint density at radius 3 is 2.56 bits per heavy atom. The van der Waals surface area contributed by atoms with E-state index in [2.05, 4.69) is 0 Å². The van der Waals surface area contributed by atoms with Crippen LogP contribution in [0, 0.1) is 0 Å². The summed E-state index contributed by atoms with van der Waals surface area (Å²) >= 11 is 0. The van der Waals surface area contributed by atoms with Crippen LogP contribution in [0.2, 0.25) is 0 Å². The van der Waals surface area contributed by atoms with Crippen LogP contribution in [0.25, 0.3) is 0 Å². The van der Waals surface area contributed by atoms with E-state index in [1.54, 1.807) is 12.3 Å². The zero-order valence-corrected chi connectivity index (χ0v) is 9.14. The number of hydrogen-bond donors (Lipinski definition) is 2. The SMILES string of the molecule is CCc1c(C(=O)O)ccn1CCCC(=O)O. The number of aromatic carboxylic acids is 1. The molecule has 2 N–H and O–H groups in total. The molecule has 0 amide bonds. The summed E-state index contributed by atoms with van der Waals surface area (Å²) in [6.07, 6.45) is 2.94. The van der Waals surface area contributed by atoms with Crippen LogP contribution in [0.4, 0.5) is 0 Å². The predicted octanol–water partition coefficient (Wildman–Crippen LogP) is 1.61. The van der Waals surface area contributed by atoms with E-state index in [-0.39, 0.29) is 6.42 Å². The smallest absolute Gasteiger partial charge is 0.337 e. The largest absolute Gasteiger partial charge is 0.481 e. The molecule has 0 aliphatic rings. The van der Waals surface area contributed by atoms with Gasteiger partial charge in [-0.3, -0.25) is 4.79 Å². The Kier molecular flexibility index (Phi) is 4.10. The van der Waals surface area contributed by atoms with Crippen molar-refractivity contribution in [1.29, 1.82) is 0 Å². The maximum absolute atomic E-state index is 10.9. The fourth-order valence-corrected chi connectivity index (χ4v) is 1.70. The van der Waals surface area contributed by atoms with Crippen molar-refractivity contribution in [3.63, 3.8) is 0 Å². The fourth-order valence-electron chi connectivity index (χ4n) is 1.70. The van der Waals surface area contributed by atoms with Crippen LogP contribution in [0.1, 0.15) is 35.8 Å². The first-order valence-electron chi connectivity index (χ1n) is 5.19. The molecule has 0 atom stereocenters. The number of carboxylic acid groups (broad SMARTS) is 2. The number of carboxylic acids is 2. The van der Waals surface area contributed by atoms with Gasteiger partial charge in [0.2, 0.25) is 0 Å². The van der Waals surface area contributed by atoms with Gasteiger partial charge in [0.25, 0.3) is 0 Å². The van der Waals surface area contributed by atoms with E-state index < -0.39 is 11.9 Å². The Balaban J connectivity index is 2.73. The van der Waals surface area contributed by atoms with Gasteiger partial charge in [-0.05, 0) is 18.9 Å². The van der Waals surface area contributed by atoms with Crippen LogP contribution in [0.15, 0.2) is 12.3 Å². The van der Waals surface area contributed by atoms with Crippen LogP contribution < -0.4 is 0 Å². The van der Waals surface area contributed by atoms with Gasteiger partial charge < -0.3 is 14.8 Å². The summed E-state index contributed by atoms with van der Waals surface area (Å²) < 4.78 is 1.81. The number of aryl methyl sites for hydroxylation is 1. The van der Waals surface area contributed by atoms with Gasteiger partial charge in [0, 0.05) is 24.9 Å². The van der Waals surface area contributed by atoms with Crippen LogP contribution in [0.5, 0.6) is 0 Å². The second-order valence-corrected chi connectivity index (χ2v) is 3.53. The summed E-state index contributed by atoms with van der Waals surface area (Å²) in [7, 11) is 0. The molecule has 0 aliphatic heterocycles. The third-order valence-electron chi connectivity index (χ3n) is 2.43. The average molecular weight is 225 g/mol. The zero-order chi connectivity index (χ0) is 12.1. The maximum Gasteiger partial charge on any atom is 0.337 e. The van der Waals surface area contributed by atoms with E-state index in [1.807, 2.05) is 11.5 Å². The highest BCUT2D eigenvalue weighted by Gasteiger charge is 2.13. The number of rotatable bonds is 6. The van der Waals surface area contributed by atoms with Crippen LogP contribution in [-0.4, -0.2) is 26.7 Å². The molecule has 0 unspecified atom stereocenters. The van der Waals surface area contributed by atoms with Crippen molar-refractivity contribution < 1.29 is 19.8 Å². The van der Waals surface area contributed by atoms with Crippen molar-refractivity contribution in [3.05, 3.63) is 23.5 Å². The molecule has 1 aromatic heterocycles. The molecular weight excluding hydrogens is 210 g/mol. The van der Waals surface area contributed by atoms with Crippen LogP contribution in [0.3, 0.4) is 0 Å². The van der Waals surface area contributed by atoms with Gasteiger partial charge in [-0.1, -0.05) is 6.92 Å². The second kappa shape index (κ2) is 5.34. The van der Waals surface area contributed by atoms with E-state index in [9.17, 15) is 9.59 Å². The second-order valence-electron chi connectivity index (χ2n) is 3.53. The van der Waals surface area contributed by atoms with E-state index >= 15 is 0 Å². The maximum atomic E-state index is 10.9. The molecule has 0 saturated heterocycles. The number of aromatic nitrogens is 1. The lowest BCUT2D eigenvalue weighted by atomic mass is 10.2. The van der Waals surface area contributed by atoms with Gasteiger partial charge >= 0.3 is 11.9 Å². The summed E-state index contributed by atoms with van der Waals surface area (Å²) in [5, 5.41) is 17.4. The molecule has 1 rings (SSSR count). The molecule has 1 aromatic rings. The van der Waals surface area contributed by atoms with Gasteiger partial charge in [-0.2, -0.15) is 0 Å². The molecule has 88 valence electrons. The molecule has 5 nitrogen and oxygen atoms in total. The van der Waals surface area contributed by atoms with Crippen LogP contribution >= 0.6 is 0 Å². The standard InChI is InChI=1S/C11H15NO4/c1-2-9-8(11(15)16)5-7-12(9)6-3-4-10(13)14/h5,7H,2-4,6H2,1H3,(H,13,14)(H,15,16). The van der Waals surface area contributed by atoms with E-state index in [0.29, 0.717) is 24.9 Å². The van der Waals surface area contributed by atoms with Crippen LogP contribution in [-0.2, 0) is 17.8 Å². The minimum Gasteiger partial charge on any atom is -0.481 e. The van der Waals surface area contributed by atoms with Gasteiger partial charge in [0.05, 0.1) is 5.56 Å². The minimum absolute atomic E-state index is 0.101. The third-order valence-corrected chi connectivity index (χ3v) is 2.43. The topological polar surface area (TPSA) is 79.5 Å². The van der Waals surface area contributed by atoms with Crippen molar-refractivity contribution in [2.75, 3.05) is 0 Å². The number of nitrogens with zero attached hydrogens (tertiary/aromatic N) is 1. The summed E-state index contributed by atoms with van der Waals surface area (Å²) in [6, 6.07) is 1.56. The highest BCUT2D eigenvalue weighted by atomic mass is 16.4. The lowest BCUT2D eigenvalue weighted by molar-refractivity contribution is -0.137. The van der Waals surface area contributed by atoms with E-state index in [0.717, 1.165) is 5.69 Å². The van der Waals surface area contributed by atoms with Crippen molar-refractivity contribution in [2.45, 2.75) is 32.7 Å². The van der Waals surface area contributed by atoms with Crippen molar-refractivity contribution in [1.82, 2.24) is 4.57 Å². The van der Waals surface area contributed by atoms with Gasteiger partial charge in [-0.25, -0.2) is 4.79 Å². The summed E-state index contributed by atoms with van der Waals surface area (Å²) in [5.74, 6) is -1.77. The Bertz CT molecular complexity index is 395. The van der Waals surface area contributed by atoms with E-state index in [4.69, 9.17) is 10.2 Å².